The average Bonchev–Trinajstić information content (AvgIpc) is 2.45. The lowest BCUT2D eigenvalue weighted by atomic mass is 9.72. The largest absolute Gasteiger partial charge is 0.356 e. The minimum atomic E-state index is 0.257. The minimum absolute atomic E-state index is 0.257. The maximum Gasteiger partial charge on any atom is 0.220 e. The zero-order chi connectivity index (χ0) is 12.5. The van der Waals surface area contributed by atoms with Crippen molar-refractivity contribution in [1.29, 1.82) is 0 Å². The van der Waals surface area contributed by atoms with Gasteiger partial charge in [0, 0.05) is 13.0 Å². The van der Waals surface area contributed by atoms with Crippen LogP contribution in [0.2, 0.25) is 0 Å². The topological polar surface area (TPSA) is 29.1 Å². The number of hydrogen-bond acceptors (Lipinski definition) is 1. The van der Waals surface area contributed by atoms with Crippen molar-refractivity contribution in [3.05, 3.63) is 0 Å². The van der Waals surface area contributed by atoms with E-state index in [0.717, 1.165) is 25.3 Å². The highest BCUT2D eigenvalue weighted by Gasteiger charge is 2.38. The summed E-state index contributed by atoms with van der Waals surface area (Å²) in [5, 5.41) is 3.08. The van der Waals surface area contributed by atoms with Crippen molar-refractivity contribution in [3.8, 4) is 0 Å². The first-order chi connectivity index (χ1) is 7.91. The van der Waals surface area contributed by atoms with Crippen LogP contribution in [0.25, 0.3) is 0 Å². The average molecular weight is 237 g/mol. The number of amides is 1. The predicted molar refractivity (Wildman–Crippen MR) is 70.7 cm³/mol. The first-order valence-electron chi connectivity index (χ1n) is 7.18. The van der Waals surface area contributed by atoms with Gasteiger partial charge >= 0.3 is 0 Å². The van der Waals surface area contributed by atoms with Crippen LogP contribution in [-0.2, 0) is 4.79 Å². The van der Waals surface area contributed by atoms with E-state index < -0.39 is 0 Å². The van der Waals surface area contributed by atoms with Crippen molar-refractivity contribution in [2.24, 2.45) is 16.7 Å². The molecule has 2 nitrogen and oxygen atoms in total. The summed E-state index contributed by atoms with van der Waals surface area (Å²) in [6, 6.07) is 0. The summed E-state index contributed by atoms with van der Waals surface area (Å²) in [7, 11) is 0. The van der Waals surface area contributed by atoms with Crippen LogP contribution in [-0.4, -0.2) is 12.5 Å². The molecular formula is C15H27NO. The Labute approximate surface area is 106 Å². The minimum Gasteiger partial charge on any atom is -0.356 e. The van der Waals surface area contributed by atoms with E-state index in [1.165, 1.54) is 32.1 Å². The molecule has 1 spiro atoms. The lowest BCUT2D eigenvalue weighted by molar-refractivity contribution is -0.124. The molecule has 1 heterocycles. The molecule has 0 aromatic heterocycles. The molecule has 0 aromatic rings. The van der Waals surface area contributed by atoms with Gasteiger partial charge in [-0.1, -0.05) is 27.2 Å². The van der Waals surface area contributed by atoms with Gasteiger partial charge in [0.05, 0.1) is 0 Å². The normalized spacial score (nSPS) is 35.5. The zero-order valence-corrected chi connectivity index (χ0v) is 11.6. The van der Waals surface area contributed by atoms with Gasteiger partial charge in [-0.15, -0.1) is 0 Å². The van der Waals surface area contributed by atoms with Gasteiger partial charge in [-0.25, -0.2) is 0 Å². The van der Waals surface area contributed by atoms with Crippen molar-refractivity contribution >= 4 is 5.91 Å². The lowest BCUT2D eigenvalue weighted by Crippen LogP contribution is -2.43. The number of carbonyl (C=O) groups excluding carboxylic acids is 1. The second-order valence-electron chi connectivity index (χ2n) is 7.27. The summed E-state index contributed by atoms with van der Waals surface area (Å²) in [5.41, 5.74) is 0.886. The molecule has 0 aromatic carbocycles. The van der Waals surface area contributed by atoms with E-state index in [9.17, 15) is 4.79 Å². The highest BCUT2D eigenvalue weighted by Crippen LogP contribution is 2.45. The third-order valence-electron chi connectivity index (χ3n) is 5.05. The van der Waals surface area contributed by atoms with Gasteiger partial charge in [0.1, 0.15) is 0 Å². The molecule has 0 radical (unpaired) electrons. The van der Waals surface area contributed by atoms with Crippen molar-refractivity contribution < 1.29 is 4.79 Å². The van der Waals surface area contributed by atoms with Gasteiger partial charge in [0.15, 0.2) is 0 Å². The maximum absolute atomic E-state index is 11.3. The van der Waals surface area contributed by atoms with Gasteiger partial charge in [-0.2, -0.15) is 0 Å². The number of piperidine rings is 1. The summed E-state index contributed by atoms with van der Waals surface area (Å²) in [4.78, 5) is 11.3. The Bertz CT molecular complexity index is 280. The molecule has 17 heavy (non-hydrogen) atoms. The molecule has 1 aliphatic carbocycles. The van der Waals surface area contributed by atoms with Gasteiger partial charge in [-0.05, 0) is 48.9 Å². The summed E-state index contributed by atoms with van der Waals surface area (Å²) in [6.07, 6.45) is 8.57. The number of nitrogens with one attached hydrogen (secondary N) is 1. The van der Waals surface area contributed by atoms with E-state index >= 15 is 0 Å². The lowest BCUT2D eigenvalue weighted by Gasteiger charge is -2.37. The van der Waals surface area contributed by atoms with Crippen LogP contribution in [0.15, 0.2) is 0 Å². The van der Waals surface area contributed by atoms with Crippen molar-refractivity contribution in [1.82, 2.24) is 5.32 Å². The van der Waals surface area contributed by atoms with E-state index in [1.807, 2.05) is 0 Å². The highest BCUT2D eigenvalue weighted by atomic mass is 16.1. The number of rotatable bonds is 0. The maximum atomic E-state index is 11.3. The Hall–Kier alpha value is -0.530. The van der Waals surface area contributed by atoms with E-state index in [2.05, 4.69) is 26.1 Å². The van der Waals surface area contributed by atoms with E-state index in [-0.39, 0.29) is 5.91 Å². The second kappa shape index (κ2) is 4.62. The summed E-state index contributed by atoms with van der Waals surface area (Å²) in [5.74, 6) is 1.12. The smallest absolute Gasteiger partial charge is 0.220 e. The summed E-state index contributed by atoms with van der Waals surface area (Å²) in [6.45, 7) is 8.05. The van der Waals surface area contributed by atoms with Gasteiger partial charge in [0.25, 0.3) is 0 Å². The number of hydrogen-bond donors (Lipinski definition) is 1. The monoisotopic (exact) mass is 237 g/mol. The van der Waals surface area contributed by atoms with Crippen LogP contribution < -0.4 is 5.32 Å². The van der Waals surface area contributed by atoms with Crippen LogP contribution in [0.4, 0.5) is 0 Å². The van der Waals surface area contributed by atoms with E-state index in [4.69, 9.17) is 0 Å². The highest BCUT2D eigenvalue weighted by molar-refractivity contribution is 5.76. The molecule has 1 saturated heterocycles. The third-order valence-corrected chi connectivity index (χ3v) is 5.05. The molecule has 1 aliphatic heterocycles. The van der Waals surface area contributed by atoms with Crippen LogP contribution in [0.5, 0.6) is 0 Å². The first kappa shape index (κ1) is 12.9. The SMILES string of the molecule is CC(C)(C)C1CCCC2(CCC(=O)NC2)CC1. The fraction of sp³-hybridized carbons (Fsp3) is 0.933. The van der Waals surface area contributed by atoms with Gasteiger partial charge in [-0.3, -0.25) is 4.79 Å². The Morgan fingerprint density at radius 1 is 1.18 bits per heavy atom. The molecular weight excluding hydrogens is 210 g/mol. The zero-order valence-electron chi connectivity index (χ0n) is 11.6. The number of carbonyl (C=O) groups is 1. The Balaban J connectivity index is 1.98. The quantitative estimate of drug-likeness (QED) is 0.686. The molecule has 2 unspecified atom stereocenters. The summed E-state index contributed by atoms with van der Waals surface area (Å²) < 4.78 is 0. The van der Waals surface area contributed by atoms with Crippen molar-refractivity contribution in [2.75, 3.05) is 6.54 Å². The van der Waals surface area contributed by atoms with Crippen LogP contribution in [0, 0.1) is 16.7 Å². The van der Waals surface area contributed by atoms with Crippen molar-refractivity contribution in [2.45, 2.75) is 65.7 Å². The fourth-order valence-corrected chi connectivity index (χ4v) is 3.61. The molecule has 2 rings (SSSR count). The molecule has 2 fully saturated rings. The second-order valence-corrected chi connectivity index (χ2v) is 7.27. The van der Waals surface area contributed by atoms with E-state index in [1.54, 1.807) is 0 Å². The Morgan fingerprint density at radius 3 is 2.53 bits per heavy atom. The molecule has 98 valence electrons. The fourth-order valence-electron chi connectivity index (χ4n) is 3.61. The van der Waals surface area contributed by atoms with E-state index in [0.29, 0.717) is 10.8 Å². The van der Waals surface area contributed by atoms with Crippen LogP contribution >= 0.6 is 0 Å². The van der Waals surface area contributed by atoms with Crippen LogP contribution in [0.1, 0.15) is 65.7 Å². The third kappa shape index (κ3) is 3.02. The molecule has 1 N–H and O–H groups in total. The Morgan fingerprint density at radius 2 is 1.94 bits per heavy atom. The predicted octanol–water partition coefficient (Wildman–Crippen LogP) is 3.51. The molecule has 2 atom stereocenters. The molecule has 1 saturated carbocycles. The first-order valence-corrected chi connectivity index (χ1v) is 7.18. The van der Waals surface area contributed by atoms with Crippen molar-refractivity contribution in [3.63, 3.8) is 0 Å². The molecule has 2 aliphatic rings. The summed E-state index contributed by atoms with van der Waals surface area (Å²) >= 11 is 0. The standard InChI is InChI=1S/C15H27NO/c1-14(2,3)12-5-4-8-15(9-6-12)10-7-13(17)16-11-15/h12H,4-11H2,1-3H3,(H,16,17). The molecule has 2 heteroatoms. The van der Waals surface area contributed by atoms with Gasteiger partial charge in [0.2, 0.25) is 5.91 Å². The molecule has 1 amide bonds. The van der Waals surface area contributed by atoms with Crippen LogP contribution in [0.3, 0.4) is 0 Å². The molecule has 0 bridgehead atoms. The van der Waals surface area contributed by atoms with Gasteiger partial charge < -0.3 is 5.32 Å². The Kier molecular flexibility index (Phi) is 3.51.